The smallest absolute Gasteiger partial charge is 0.268 e. The van der Waals surface area contributed by atoms with Gasteiger partial charge in [-0.05, 0) is 18.2 Å². The molecule has 0 atom stereocenters. The maximum absolute atomic E-state index is 12.3. The number of hydrogen-bond acceptors (Lipinski definition) is 5. The second-order valence-corrected chi connectivity index (χ2v) is 6.04. The van der Waals surface area contributed by atoms with Crippen molar-refractivity contribution in [1.82, 2.24) is 9.97 Å². The molecule has 1 amide bonds. The van der Waals surface area contributed by atoms with Crippen molar-refractivity contribution in [2.24, 2.45) is 0 Å². The molecule has 8 heteroatoms. The van der Waals surface area contributed by atoms with E-state index in [4.69, 9.17) is 28.9 Å². The summed E-state index contributed by atoms with van der Waals surface area (Å²) in [5.41, 5.74) is 7.28. The Balaban J connectivity index is 1.95. The van der Waals surface area contributed by atoms with Crippen LogP contribution < -0.4 is 11.1 Å². The number of carbonyl (C=O) groups excluding carboxylic acids is 1. The van der Waals surface area contributed by atoms with Gasteiger partial charge in [0.25, 0.3) is 5.91 Å². The number of hydrogen-bond donors (Lipinski definition) is 2. The fraction of sp³-hybridized carbons (Fsp3) is 0. The van der Waals surface area contributed by atoms with Crippen LogP contribution in [-0.2, 0) is 0 Å². The van der Waals surface area contributed by atoms with Crippen LogP contribution in [0.15, 0.2) is 30.6 Å². The quantitative estimate of drug-likeness (QED) is 0.743. The number of aromatic nitrogens is 2. The van der Waals surface area contributed by atoms with Crippen molar-refractivity contribution in [1.29, 1.82) is 0 Å². The number of nitrogens with one attached hydrogen (secondary N) is 1. The lowest BCUT2D eigenvalue weighted by molar-refractivity contribution is 0.103. The maximum atomic E-state index is 12.3. The lowest BCUT2D eigenvalue weighted by Crippen LogP contribution is -2.12. The first-order chi connectivity index (χ1) is 10.0. The molecule has 2 heterocycles. The van der Waals surface area contributed by atoms with Crippen molar-refractivity contribution in [3.05, 3.63) is 45.5 Å². The summed E-state index contributed by atoms with van der Waals surface area (Å²) in [5, 5.41) is 3.58. The summed E-state index contributed by atoms with van der Waals surface area (Å²) < 4.78 is 0. The van der Waals surface area contributed by atoms with E-state index in [-0.39, 0.29) is 5.91 Å². The molecule has 3 N–H and O–H groups in total. The Hall–Kier alpha value is -1.89. The van der Waals surface area contributed by atoms with E-state index in [9.17, 15) is 4.79 Å². The predicted molar refractivity (Wildman–Crippen MR) is 86.2 cm³/mol. The molecule has 0 saturated carbocycles. The van der Waals surface area contributed by atoms with Gasteiger partial charge in [-0.1, -0.05) is 23.2 Å². The van der Waals surface area contributed by atoms with Crippen LogP contribution in [0.4, 0.5) is 11.4 Å². The van der Waals surface area contributed by atoms with E-state index in [0.29, 0.717) is 36.6 Å². The van der Waals surface area contributed by atoms with E-state index < -0.39 is 0 Å². The Kier molecular flexibility index (Phi) is 3.67. The molecule has 2 aromatic heterocycles. The third-order valence-electron chi connectivity index (χ3n) is 2.69. The molecule has 0 unspecified atom stereocenters. The highest BCUT2D eigenvalue weighted by molar-refractivity contribution is 7.21. The number of fused-ring (bicyclic) bond motifs is 1. The molecular formula is C13H8Cl2N4OS. The van der Waals surface area contributed by atoms with E-state index in [1.807, 2.05) is 0 Å². The van der Waals surface area contributed by atoms with Crippen LogP contribution in [0, 0.1) is 0 Å². The third-order valence-corrected chi connectivity index (χ3v) is 4.23. The molecule has 0 radical (unpaired) electrons. The number of benzene rings is 1. The molecule has 0 aliphatic carbocycles. The topological polar surface area (TPSA) is 80.9 Å². The lowest BCUT2D eigenvalue weighted by atomic mass is 10.3. The molecular weight excluding hydrogens is 331 g/mol. The number of carbonyl (C=O) groups is 1. The number of rotatable bonds is 2. The number of amides is 1. The van der Waals surface area contributed by atoms with Crippen molar-refractivity contribution >= 4 is 62.2 Å². The largest absolute Gasteiger partial charge is 0.396 e. The molecule has 3 aromatic rings. The number of halogens is 2. The molecule has 0 saturated heterocycles. The normalized spacial score (nSPS) is 10.8. The highest BCUT2D eigenvalue weighted by Gasteiger charge is 2.18. The summed E-state index contributed by atoms with van der Waals surface area (Å²) in [5.74, 6) is -0.351. The number of nitrogens with two attached hydrogens (primary N) is 1. The van der Waals surface area contributed by atoms with E-state index >= 15 is 0 Å². The summed E-state index contributed by atoms with van der Waals surface area (Å²) >= 11 is 13.0. The Morgan fingerprint density at radius 1 is 1.14 bits per heavy atom. The standard InChI is InChI=1S/C13H8Cl2N4OS/c14-6-3-7(15)5-8(4-6)19-12(20)11-9(16)10-13(21-11)18-2-1-17-10/h1-5H,16H2,(H,19,20). The summed E-state index contributed by atoms with van der Waals surface area (Å²) in [6.45, 7) is 0. The van der Waals surface area contributed by atoms with Gasteiger partial charge in [0.1, 0.15) is 15.2 Å². The monoisotopic (exact) mass is 338 g/mol. The van der Waals surface area contributed by atoms with Crippen molar-refractivity contribution < 1.29 is 4.79 Å². The fourth-order valence-corrected chi connectivity index (χ4v) is 3.27. The molecule has 0 aliphatic rings. The van der Waals surface area contributed by atoms with Gasteiger partial charge in [0.15, 0.2) is 0 Å². The first-order valence-corrected chi connectivity index (χ1v) is 7.38. The Morgan fingerprint density at radius 3 is 2.48 bits per heavy atom. The number of thiophene rings is 1. The number of nitrogens with zero attached hydrogens (tertiary/aromatic N) is 2. The van der Waals surface area contributed by atoms with Crippen LogP contribution >= 0.6 is 34.5 Å². The molecule has 0 fully saturated rings. The van der Waals surface area contributed by atoms with E-state index in [0.717, 1.165) is 0 Å². The van der Waals surface area contributed by atoms with Gasteiger partial charge in [-0.2, -0.15) is 0 Å². The van der Waals surface area contributed by atoms with E-state index in [2.05, 4.69) is 15.3 Å². The highest BCUT2D eigenvalue weighted by Crippen LogP contribution is 2.31. The average molecular weight is 339 g/mol. The van der Waals surface area contributed by atoms with Gasteiger partial charge < -0.3 is 11.1 Å². The third kappa shape index (κ3) is 2.78. The molecule has 0 bridgehead atoms. The predicted octanol–water partition coefficient (Wildman–Crippen LogP) is 3.83. The van der Waals surface area contributed by atoms with Crippen LogP contribution in [0.3, 0.4) is 0 Å². The molecule has 3 rings (SSSR count). The first kappa shape index (κ1) is 14.1. The molecule has 0 aliphatic heterocycles. The SMILES string of the molecule is Nc1c(C(=O)Nc2cc(Cl)cc(Cl)c2)sc2nccnc12. The summed E-state index contributed by atoms with van der Waals surface area (Å²) in [7, 11) is 0. The molecule has 106 valence electrons. The number of anilines is 2. The highest BCUT2D eigenvalue weighted by atomic mass is 35.5. The van der Waals surface area contributed by atoms with Crippen LogP contribution in [-0.4, -0.2) is 15.9 Å². The van der Waals surface area contributed by atoms with Crippen molar-refractivity contribution in [2.45, 2.75) is 0 Å². The van der Waals surface area contributed by atoms with E-state index in [1.54, 1.807) is 24.4 Å². The second-order valence-electron chi connectivity index (χ2n) is 4.17. The Labute approximate surface area is 133 Å². The zero-order valence-corrected chi connectivity index (χ0v) is 12.8. The van der Waals surface area contributed by atoms with Gasteiger partial charge in [0.05, 0.1) is 5.69 Å². The zero-order valence-electron chi connectivity index (χ0n) is 10.4. The molecule has 21 heavy (non-hydrogen) atoms. The van der Waals surface area contributed by atoms with Crippen LogP contribution in [0.1, 0.15) is 9.67 Å². The molecule has 5 nitrogen and oxygen atoms in total. The lowest BCUT2D eigenvalue weighted by Gasteiger charge is -2.05. The Bertz CT molecular complexity index is 829. The van der Waals surface area contributed by atoms with Gasteiger partial charge in [0, 0.05) is 28.1 Å². The van der Waals surface area contributed by atoms with E-state index in [1.165, 1.54) is 17.5 Å². The van der Waals surface area contributed by atoms with Gasteiger partial charge in [0.2, 0.25) is 0 Å². The summed E-state index contributed by atoms with van der Waals surface area (Å²) in [6, 6.07) is 4.79. The van der Waals surface area contributed by atoms with Crippen molar-refractivity contribution in [2.75, 3.05) is 11.1 Å². The van der Waals surface area contributed by atoms with Crippen LogP contribution in [0.5, 0.6) is 0 Å². The zero-order chi connectivity index (χ0) is 15.0. The fourth-order valence-electron chi connectivity index (χ4n) is 1.83. The van der Waals surface area contributed by atoms with Crippen LogP contribution in [0.25, 0.3) is 10.3 Å². The summed E-state index contributed by atoms with van der Waals surface area (Å²) in [6.07, 6.45) is 3.08. The van der Waals surface area contributed by atoms with Gasteiger partial charge in [-0.3, -0.25) is 4.79 Å². The molecule has 0 spiro atoms. The average Bonchev–Trinajstić information content (AvgIpc) is 2.76. The van der Waals surface area contributed by atoms with Gasteiger partial charge in [-0.15, -0.1) is 11.3 Å². The summed E-state index contributed by atoms with van der Waals surface area (Å²) in [4.78, 5) is 21.5. The van der Waals surface area contributed by atoms with Gasteiger partial charge in [-0.25, -0.2) is 9.97 Å². The minimum atomic E-state index is -0.351. The second kappa shape index (κ2) is 5.48. The molecule has 1 aromatic carbocycles. The van der Waals surface area contributed by atoms with Crippen molar-refractivity contribution in [3.63, 3.8) is 0 Å². The Morgan fingerprint density at radius 2 is 1.81 bits per heavy atom. The van der Waals surface area contributed by atoms with Crippen LogP contribution in [0.2, 0.25) is 10.0 Å². The van der Waals surface area contributed by atoms with Crippen molar-refractivity contribution in [3.8, 4) is 0 Å². The maximum Gasteiger partial charge on any atom is 0.268 e. The minimum Gasteiger partial charge on any atom is -0.396 e. The first-order valence-electron chi connectivity index (χ1n) is 5.81. The van der Waals surface area contributed by atoms with Gasteiger partial charge >= 0.3 is 0 Å². The number of nitrogen functional groups attached to an aromatic ring is 1. The minimum absolute atomic E-state index is 0.314.